The first-order chi connectivity index (χ1) is 8.29. The molecule has 0 saturated heterocycles. The van der Waals surface area contributed by atoms with E-state index in [2.05, 4.69) is 56.5 Å². The molecular weight excluding hydrogens is 246 g/mol. The fourth-order valence-electron chi connectivity index (χ4n) is 1.92. The molecule has 0 aromatic carbocycles. The normalized spacial score (nSPS) is 13.5. The van der Waals surface area contributed by atoms with Crippen LogP contribution in [0.1, 0.15) is 46.6 Å². The van der Waals surface area contributed by atoms with Crippen molar-refractivity contribution in [3.8, 4) is 0 Å². The third-order valence-corrected chi connectivity index (χ3v) is 3.86. The average Bonchev–Trinajstić information content (AvgIpc) is 2.29. The average molecular weight is 270 g/mol. The van der Waals surface area contributed by atoms with Crippen LogP contribution in [0, 0.1) is 5.41 Å². The van der Waals surface area contributed by atoms with Gasteiger partial charge in [0.25, 0.3) is 0 Å². The number of halogens is 1. The maximum absolute atomic E-state index is 6.19. The van der Waals surface area contributed by atoms with Gasteiger partial charge in [-0.05, 0) is 18.8 Å². The van der Waals surface area contributed by atoms with Crippen molar-refractivity contribution in [3.05, 3.63) is 17.0 Å². The van der Waals surface area contributed by atoms with E-state index in [4.69, 9.17) is 11.6 Å². The summed E-state index contributed by atoms with van der Waals surface area (Å²) in [5, 5.41) is 0.579. The lowest BCUT2D eigenvalue weighted by Crippen LogP contribution is -2.40. The molecular formula is C14H24ClN3. The second-order valence-electron chi connectivity index (χ2n) is 5.87. The quantitative estimate of drug-likeness (QED) is 0.775. The molecule has 4 heteroatoms. The molecule has 1 rings (SSSR count). The Labute approximate surface area is 116 Å². The summed E-state index contributed by atoms with van der Waals surface area (Å²) in [6.07, 6.45) is 3.50. The topological polar surface area (TPSA) is 29.0 Å². The van der Waals surface area contributed by atoms with Crippen molar-refractivity contribution in [2.45, 2.75) is 53.5 Å². The van der Waals surface area contributed by atoms with E-state index in [1.54, 1.807) is 6.33 Å². The zero-order chi connectivity index (χ0) is 13.9. The molecule has 0 aliphatic heterocycles. The van der Waals surface area contributed by atoms with Crippen molar-refractivity contribution in [3.63, 3.8) is 0 Å². The van der Waals surface area contributed by atoms with E-state index >= 15 is 0 Å². The standard InChI is InChI=1S/C14H24ClN3/c1-7-8-11-12(15)16-9-17-13(11)18(6)10(2)14(3,4)5/h9-10H,7-8H2,1-6H3. The van der Waals surface area contributed by atoms with Gasteiger partial charge in [-0.2, -0.15) is 0 Å². The molecule has 18 heavy (non-hydrogen) atoms. The second-order valence-corrected chi connectivity index (χ2v) is 6.23. The van der Waals surface area contributed by atoms with Gasteiger partial charge in [0.2, 0.25) is 0 Å². The van der Waals surface area contributed by atoms with E-state index in [0.717, 1.165) is 24.2 Å². The van der Waals surface area contributed by atoms with Crippen LogP contribution >= 0.6 is 11.6 Å². The molecule has 0 amide bonds. The number of anilines is 1. The predicted molar refractivity (Wildman–Crippen MR) is 78.4 cm³/mol. The molecule has 1 aromatic heterocycles. The molecule has 0 aliphatic carbocycles. The van der Waals surface area contributed by atoms with Gasteiger partial charge in [-0.3, -0.25) is 0 Å². The van der Waals surface area contributed by atoms with Gasteiger partial charge in [0.05, 0.1) is 0 Å². The first-order valence-electron chi connectivity index (χ1n) is 6.51. The Hall–Kier alpha value is -0.830. The van der Waals surface area contributed by atoms with Gasteiger partial charge in [-0.1, -0.05) is 45.7 Å². The van der Waals surface area contributed by atoms with Gasteiger partial charge >= 0.3 is 0 Å². The SMILES string of the molecule is CCCc1c(Cl)ncnc1N(C)C(C)C(C)(C)C. The van der Waals surface area contributed by atoms with Crippen LogP contribution in [0.2, 0.25) is 5.15 Å². The van der Waals surface area contributed by atoms with E-state index in [-0.39, 0.29) is 5.41 Å². The zero-order valence-corrected chi connectivity index (χ0v) is 13.0. The van der Waals surface area contributed by atoms with E-state index in [1.165, 1.54) is 0 Å². The molecule has 3 nitrogen and oxygen atoms in total. The summed E-state index contributed by atoms with van der Waals surface area (Å²) in [6.45, 7) is 11.1. The highest BCUT2D eigenvalue weighted by molar-refractivity contribution is 6.30. The molecule has 1 heterocycles. The largest absolute Gasteiger partial charge is 0.356 e. The maximum atomic E-state index is 6.19. The van der Waals surface area contributed by atoms with Crippen molar-refractivity contribution >= 4 is 17.4 Å². The summed E-state index contributed by atoms with van der Waals surface area (Å²) in [4.78, 5) is 10.7. The predicted octanol–water partition coefficient (Wildman–Crippen LogP) is 3.95. The minimum Gasteiger partial charge on any atom is -0.356 e. The summed E-state index contributed by atoms with van der Waals surface area (Å²) in [5.41, 5.74) is 1.25. The summed E-state index contributed by atoms with van der Waals surface area (Å²) < 4.78 is 0. The molecule has 0 saturated carbocycles. The molecule has 102 valence electrons. The molecule has 0 aliphatic rings. The first-order valence-corrected chi connectivity index (χ1v) is 6.89. The number of rotatable bonds is 4. The third-order valence-electron chi connectivity index (χ3n) is 3.54. The molecule has 0 fully saturated rings. The fraction of sp³-hybridized carbons (Fsp3) is 0.714. The highest BCUT2D eigenvalue weighted by Gasteiger charge is 2.26. The van der Waals surface area contributed by atoms with Crippen LogP contribution in [0.25, 0.3) is 0 Å². The lowest BCUT2D eigenvalue weighted by atomic mass is 9.87. The highest BCUT2D eigenvalue weighted by atomic mass is 35.5. The van der Waals surface area contributed by atoms with Gasteiger partial charge in [0, 0.05) is 18.7 Å². The van der Waals surface area contributed by atoms with E-state index in [0.29, 0.717) is 11.2 Å². The first kappa shape index (κ1) is 15.2. The van der Waals surface area contributed by atoms with Crippen molar-refractivity contribution in [2.75, 3.05) is 11.9 Å². The summed E-state index contributed by atoms with van der Waals surface area (Å²) in [5.74, 6) is 0.958. The Bertz CT molecular complexity index is 399. The van der Waals surface area contributed by atoms with Gasteiger partial charge in [0.15, 0.2) is 0 Å². The van der Waals surface area contributed by atoms with Gasteiger partial charge in [0.1, 0.15) is 17.3 Å². The number of hydrogen-bond donors (Lipinski definition) is 0. The van der Waals surface area contributed by atoms with E-state index < -0.39 is 0 Å². The molecule has 0 radical (unpaired) electrons. The van der Waals surface area contributed by atoms with Crippen LogP contribution in [0.15, 0.2) is 6.33 Å². The minimum atomic E-state index is 0.190. The van der Waals surface area contributed by atoms with E-state index in [1.807, 2.05) is 0 Å². The van der Waals surface area contributed by atoms with Crippen LogP contribution < -0.4 is 4.90 Å². The van der Waals surface area contributed by atoms with Crippen molar-refractivity contribution in [1.29, 1.82) is 0 Å². The maximum Gasteiger partial charge on any atom is 0.137 e. The lowest BCUT2D eigenvalue weighted by molar-refractivity contribution is 0.328. The highest BCUT2D eigenvalue weighted by Crippen LogP contribution is 2.30. The minimum absolute atomic E-state index is 0.190. The smallest absolute Gasteiger partial charge is 0.137 e. The summed E-state index contributed by atoms with van der Waals surface area (Å²) in [6, 6.07) is 0.374. The van der Waals surface area contributed by atoms with Gasteiger partial charge < -0.3 is 4.90 Å². The summed E-state index contributed by atoms with van der Waals surface area (Å²) in [7, 11) is 2.08. The number of aromatic nitrogens is 2. The molecule has 1 unspecified atom stereocenters. The van der Waals surface area contributed by atoms with E-state index in [9.17, 15) is 0 Å². The van der Waals surface area contributed by atoms with Crippen LogP contribution in [0.5, 0.6) is 0 Å². The number of hydrogen-bond acceptors (Lipinski definition) is 3. The second kappa shape index (κ2) is 5.87. The molecule has 0 bridgehead atoms. The lowest BCUT2D eigenvalue weighted by Gasteiger charge is -2.37. The van der Waals surface area contributed by atoms with Crippen molar-refractivity contribution < 1.29 is 0 Å². The molecule has 0 N–H and O–H groups in total. The third kappa shape index (κ3) is 3.35. The Balaban J connectivity index is 3.12. The molecule has 1 aromatic rings. The molecule has 1 atom stereocenters. The Kier molecular flexibility index (Phi) is 4.97. The molecule has 0 spiro atoms. The number of nitrogens with zero attached hydrogens (tertiary/aromatic N) is 3. The van der Waals surface area contributed by atoms with Crippen LogP contribution in [-0.2, 0) is 6.42 Å². The van der Waals surface area contributed by atoms with Gasteiger partial charge in [-0.15, -0.1) is 0 Å². The van der Waals surface area contributed by atoms with Gasteiger partial charge in [-0.25, -0.2) is 9.97 Å². The Morgan fingerprint density at radius 3 is 2.44 bits per heavy atom. The zero-order valence-electron chi connectivity index (χ0n) is 12.3. The monoisotopic (exact) mass is 269 g/mol. The van der Waals surface area contributed by atoms with Crippen LogP contribution in [0.3, 0.4) is 0 Å². The van der Waals surface area contributed by atoms with Crippen LogP contribution in [0.4, 0.5) is 5.82 Å². The van der Waals surface area contributed by atoms with Crippen molar-refractivity contribution in [2.24, 2.45) is 5.41 Å². The van der Waals surface area contributed by atoms with Crippen molar-refractivity contribution in [1.82, 2.24) is 9.97 Å². The Morgan fingerprint density at radius 2 is 1.94 bits per heavy atom. The summed E-state index contributed by atoms with van der Waals surface area (Å²) >= 11 is 6.19. The fourth-order valence-corrected chi connectivity index (χ4v) is 2.14. The Morgan fingerprint density at radius 1 is 1.33 bits per heavy atom. The van der Waals surface area contributed by atoms with Crippen LogP contribution in [-0.4, -0.2) is 23.1 Å².